The van der Waals surface area contributed by atoms with Gasteiger partial charge in [-0.05, 0) is 24.6 Å². The van der Waals surface area contributed by atoms with Gasteiger partial charge in [-0.15, -0.1) is 0 Å². The first-order valence-electron chi connectivity index (χ1n) is 5.07. The smallest absolute Gasteiger partial charge is 0.294 e. The molecule has 4 heteroatoms. The maximum atomic E-state index is 12.7. The van der Waals surface area contributed by atoms with Crippen LogP contribution in [0.1, 0.15) is 17.0 Å². The third-order valence-electron chi connectivity index (χ3n) is 2.38. The number of nitrogens with one attached hydrogen (secondary N) is 1. The molecule has 2 aromatic rings. The average Bonchev–Trinajstić information content (AvgIpc) is 2.63. The molecule has 0 radical (unpaired) electrons. The molecule has 1 aromatic heterocycles. The lowest BCUT2D eigenvalue weighted by Gasteiger charge is -1.98. The zero-order valence-electron chi connectivity index (χ0n) is 9.25. The van der Waals surface area contributed by atoms with Crippen molar-refractivity contribution in [1.29, 1.82) is 0 Å². The Labute approximate surface area is 93.3 Å². The first kappa shape index (κ1) is 10.7. The lowest BCUT2D eigenvalue weighted by molar-refractivity contribution is 0.528. The fraction of sp³-hybridized carbons (Fsp3) is 0.250. The number of oxazole rings is 1. The predicted octanol–water partition coefficient (Wildman–Crippen LogP) is 2.75. The van der Waals surface area contributed by atoms with E-state index in [1.54, 1.807) is 19.2 Å². The number of halogens is 1. The summed E-state index contributed by atoms with van der Waals surface area (Å²) < 4.78 is 18.2. The van der Waals surface area contributed by atoms with E-state index < -0.39 is 0 Å². The Morgan fingerprint density at radius 2 is 2.00 bits per heavy atom. The van der Waals surface area contributed by atoms with Crippen LogP contribution in [0.15, 0.2) is 28.7 Å². The average molecular weight is 220 g/mol. The Morgan fingerprint density at radius 3 is 2.56 bits per heavy atom. The monoisotopic (exact) mass is 220 g/mol. The maximum absolute atomic E-state index is 12.7. The number of anilines is 1. The molecular formula is C12H13FN2O. The minimum absolute atomic E-state index is 0.228. The second kappa shape index (κ2) is 4.35. The van der Waals surface area contributed by atoms with Crippen molar-refractivity contribution in [2.24, 2.45) is 0 Å². The molecule has 84 valence electrons. The van der Waals surface area contributed by atoms with Gasteiger partial charge < -0.3 is 9.73 Å². The van der Waals surface area contributed by atoms with E-state index in [0.717, 1.165) is 17.0 Å². The minimum Gasteiger partial charge on any atom is -0.428 e. The van der Waals surface area contributed by atoms with Gasteiger partial charge in [0.15, 0.2) is 0 Å². The summed E-state index contributed by atoms with van der Waals surface area (Å²) in [7, 11) is 1.76. The highest BCUT2D eigenvalue weighted by Crippen LogP contribution is 2.18. The number of hydrogen-bond acceptors (Lipinski definition) is 3. The molecule has 0 saturated heterocycles. The molecule has 1 aromatic carbocycles. The zero-order valence-corrected chi connectivity index (χ0v) is 9.25. The van der Waals surface area contributed by atoms with E-state index in [4.69, 9.17) is 4.42 Å². The first-order valence-corrected chi connectivity index (χ1v) is 5.07. The van der Waals surface area contributed by atoms with E-state index in [-0.39, 0.29) is 5.82 Å². The van der Waals surface area contributed by atoms with E-state index in [1.165, 1.54) is 12.1 Å². The molecule has 0 unspecified atom stereocenters. The molecule has 16 heavy (non-hydrogen) atoms. The summed E-state index contributed by atoms with van der Waals surface area (Å²) in [5.74, 6) is 0.574. The molecule has 1 N–H and O–H groups in total. The summed E-state index contributed by atoms with van der Waals surface area (Å²) in [6.45, 7) is 1.89. The standard InChI is InChI=1S/C12H13FN2O/c1-8-11(16-12(14-2)15-8)7-9-3-5-10(13)6-4-9/h3-6H,7H2,1-2H3,(H,14,15). The van der Waals surface area contributed by atoms with Gasteiger partial charge in [0.05, 0.1) is 5.69 Å². The van der Waals surface area contributed by atoms with Crippen molar-refractivity contribution < 1.29 is 8.81 Å². The van der Waals surface area contributed by atoms with E-state index in [9.17, 15) is 4.39 Å². The van der Waals surface area contributed by atoms with E-state index in [0.29, 0.717) is 12.4 Å². The van der Waals surface area contributed by atoms with Crippen molar-refractivity contribution in [2.75, 3.05) is 12.4 Å². The summed E-state index contributed by atoms with van der Waals surface area (Å²) in [6.07, 6.45) is 0.626. The Morgan fingerprint density at radius 1 is 1.31 bits per heavy atom. The molecule has 3 nitrogen and oxygen atoms in total. The predicted molar refractivity (Wildman–Crippen MR) is 60.0 cm³/mol. The molecule has 0 aliphatic heterocycles. The molecule has 0 saturated carbocycles. The fourth-order valence-electron chi connectivity index (χ4n) is 1.49. The molecular weight excluding hydrogens is 207 g/mol. The highest BCUT2D eigenvalue weighted by Gasteiger charge is 2.08. The summed E-state index contributed by atoms with van der Waals surface area (Å²) in [4.78, 5) is 4.19. The highest BCUT2D eigenvalue weighted by molar-refractivity contribution is 5.28. The molecule has 0 atom stereocenters. The maximum Gasteiger partial charge on any atom is 0.294 e. The summed E-state index contributed by atoms with van der Waals surface area (Å²) in [5.41, 5.74) is 1.86. The van der Waals surface area contributed by atoms with Crippen molar-refractivity contribution in [3.8, 4) is 0 Å². The van der Waals surface area contributed by atoms with Crippen LogP contribution in [-0.2, 0) is 6.42 Å². The second-order valence-electron chi connectivity index (χ2n) is 3.58. The van der Waals surface area contributed by atoms with E-state index in [1.807, 2.05) is 6.92 Å². The summed E-state index contributed by atoms with van der Waals surface area (Å²) in [5, 5.41) is 2.85. The second-order valence-corrected chi connectivity index (χ2v) is 3.58. The van der Waals surface area contributed by atoms with Crippen molar-refractivity contribution in [2.45, 2.75) is 13.3 Å². The van der Waals surface area contributed by atoms with Gasteiger partial charge in [0, 0.05) is 13.5 Å². The van der Waals surface area contributed by atoms with Crippen LogP contribution in [0.2, 0.25) is 0 Å². The number of rotatable bonds is 3. The lowest BCUT2D eigenvalue weighted by Crippen LogP contribution is -1.88. The fourth-order valence-corrected chi connectivity index (χ4v) is 1.49. The normalized spacial score (nSPS) is 10.4. The number of aryl methyl sites for hydroxylation is 1. The van der Waals surface area contributed by atoms with E-state index >= 15 is 0 Å². The van der Waals surface area contributed by atoms with Gasteiger partial charge in [-0.2, -0.15) is 4.98 Å². The van der Waals surface area contributed by atoms with Gasteiger partial charge in [-0.25, -0.2) is 4.39 Å². The third kappa shape index (κ3) is 2.21. The van der Waals surface area contributed by atoms with Crippen molar-refractivity contribution in [1.82, 2.24) is 4.98 Å². The molecule has 0 bridgehead atoms. The number of hydrogen-bond donors (Lipinski definition) is 1. The minimum atomic E-state index is -0.228. The molecule has 0 spiro atoms. The highest BCUT2D eigenvalue weighted by atomic mass is 19.1. The molecule has 1 heterocycles. The van der Waals surface area contributed by atoms with Crippen LogP contribution in [-0.4, -0.2) is 12.0 Å². The largest absolute Gasteiger partial charge is 0.428 e. The SMILES string of the molecule is CNc1nc(C)c(Cc2ccc(F)cc2)o1. The zero-order chi connectivity index (χ0) is 11.5. The van der Waals surface area contributed by atoms with Crippen molar-refractivity contribution in [3.05, 3.63) is 47.1 Å². The molecule has 0 fully saturated rings. The van der Waals surface area contributed by atoms with Gasteiger partial charge in [-0.3, -0.25) is 0 Å². The Hall–Kier alpha value is -1.84. The van der Waals surface area contributed by atoms with Gasteiger partial charge in [0.25, 0.3) is 6.01 Å². The van der Waals surface area contributed by atoms with Crippen LogP contribution in [0.4, 0.5) is 10.4 Å². The van der Waals surface area contributed by atoms with Gasteiger partial charge in [-0.1, -0.05) is 12.1 Å². The van der Waals surface area contributed by atoms with Gasteiger partial charge in [0.2, 0.25) is 0 Å². The van der Waals surface area contributed by atoms with Crippen LogP contribution in [0, 0.1) is 12.7 Å². The molecule has 0 aliphatic carbocycles. The van der Waals surface area contributed by atoms with Crippen LogP contribution in [0.25, 0.3) is 0 Å². The van der Waals surface area contributed by atoms with Crippen LogP contribution in [0.3, 0.4) is 0 Å². The summed E-state index contributed by atoms with van der Waals surface area (Å²) in [6, 6.07) is 6.89. The number of nitrogens with zero attached hydrogens (tertiary/aromatic N) is 1. The van der Waals surface area contributed by atoms with Crippen LogP contribution >= 0.6 is 0 Å². The number of benzene rings is 1. The molecule has 2 rings (SSSR count). The Kier molecular flexibility index (Phi) is 2.90. The van der Waals surface area contributed by atoms with Crippen LogP contribution in [0.5, 0.6) is 0 Å². The first-order chi connectivity index (χ1) is 7.69. The van der Waals surface area contributed by atoms with Crippen LogP contribution < -0.4 is 5.32 Å². The van der Waals surface area contributed by atoms with Gasteiger partial charge >= 0.3 is 0 Å². The lowest BCUT2D eigenvalue weighted by atomic mass is 10.1. The summed E-state index contributed by atoms with van der Waals surface area (Å²) >= 11 is 0. The number of aromatic nitrogens is 1. The van der Waals surface area contributed by atoms with Crippen molar-refractivity contribution >= 4 is 6.01 Å². The van der Waals surface area contributed by atoms with E-state index in [2.05, 4.69) is 10.3 Å². The topological polar surface area (TPSA) is 38.1 Å². The van der Waals surface area contributed by atoms with Gasteiger partial charge in [0.1, 0.15) is 11.6 Å². The third-order valence-corrected chi connectivity index (χ3v) is 2.38. The van der Waals surface area contributed by atoms with Crippen molar-refractivity contribution in [3.63, 3.8) is 0 Å². The Bertz CT molecular complexity index is 476. The quantitative estimate of drug-likeness (QED) is 0.864. The molecule has 0 aliphatic rings. The Balaban J connectivity index is 2.19. The molecule has 0 amide bonds.